The summed E-state index contributed by atoms with van der Waals surface area (Å²) in [6.45, 7) is 2.93. The Kier molecular flexibility index (Phi) is 3.21. The zero-order chi connectivity index (χ0) is 11.5. The number of nitrogens with zero attached hydrogens (tertiary/aromatic N) is 2. The fourth-order valence-electron chi connectivity index (χ4n) is 1.73. The van der Waals surface area contributed by atoms with Crippen molar-refractivity contribution in [3.8, 4) is 0 Å². The lowest BCUT2D eigenvalue weighted by Crippen LogP contribution is -2.50. The Balaban J connectivity index is 2.17. The summed E-state index contributed by atoms with van der Waals surface area (Å²) in [5.74, 6) is 0.328. The number of carbonyl (C=O) groups excluding carboxylic acids is 1. The van der Waals surface area contributed by atoms with Crippen LogP contribution in [0.15, 0.2) is 10.7 Å². The van der Waals surface area contributed by atoms with Gasteiger partial charge in [0.1, 0.15) is 11.3 Å². The van der Waals surface area contributed by atoms with Crippen molar-refractivity contribution < 1.29 is 19.2 Å². The second kappa shape index (κ2) is 4.63. The first-order valence-corrected chi connectivity index (χ1v) is 5.15. The fraction of sp³-hybridized carbons (Fsp3) is 0.600. The molecule has 0 bridgehead atoms. The molecule has 1 aromatic rings. The van der Waals surface area contributed by atoms with E-state index in [9.17, 15) is 4.79 Å². The number of amides is 1. The summed E-state index contributed by atoms with van der Waals surface area (Å²) in [6.07, 6.45) is 1.40. The molecule has 0 spiro atoms. The molecule has 6 heteroatoms. The summed E-state index contributed by atoms with van der Waals surface area (Å²) in [4.78, 5) is 13.7. The highest BCUT2D eigenvalue weighted by Gasteiger charge is 2.29. The number of rotatable bonds is 2. The lowest BCUT2D eigenvalue weighted by atomic mass is 10.2. The van der Waals surface area contributed by atoms with Gasteiger partial charge in [0.15, 0.2) is 0 Å². The minimum atomic E-state index is -0.282. The molecule has 1 saturated heterocycles. The number of hydrogen-bond acceptors (Lipinski definition) is 5. The zero-order valence-electron chi connectivity index (χ0n) is 9.05. The van der Waals surface area contributed by atoms with E-state index in [1.807, 2.05) is 0 Å². The number of carbonyl (C=O) groups is 1. The molecule has 16 heavy (non-hydrogen) atoms. The summed E-state index contributed by atoms with van der Waals surface area (Å²) in [5, 5.41) is 12.7. The smallest absolute Gasteiger partial charge is 0.259 e. The van der Waals surface area contributed by atoms with Crippen LogP contribution in [0.25, 0.3) is 0 Å². The summed E-state index contributed by atoms with van der Waals surface area (Å²) in [5.41, 5.74) is 0.445. The molecule has 2 rings (SSSR count). The first-order valence-electron chi connectivity index (χ1n) is 5.15. The van der Waals surface area contributed by atoms with Crippen molar-refractivity contribution in [1.29, 1.82) is 0 Å². The molecule has 1 atom stereocenters. The fourth-order valence-corrected chi connectivity index (χ4v) is 1.73. The van der Waals surface area contributed by atoms with Gasteiger partial charge < -0.3 is 19.3 Å². The zero-order valence-corrected chi connectivity index (χ0v) is 9.05. The molecule has 0 aromatic carbocycles. The predicted octanol–water partition coefficient (Wildman–Crippen LogP) is -0.184. The van der Waals surface area contributed by atoms with E-state index in [2.05, 4.69) is 5.16 Å². The van der Waals surface area contributed by atoms with Crippen LogP contribution in [0, 0.1) is 6.92 Å². The van der Waals surface area contributed by atoms with Gasteiger partial charge in [-0.25, -0.2) is 0 Å². The lowest BCUT2D eigenvalue weighted by Gasteiger charge is -2.34. The molecular weight excluding hydrogens is 212 g/mol. The quantitative estimate of drug-likeness (QED) is 0.756. The van der Waals surface area contributed by atoms with Gasteiger partial charge in [-0.3, -0.25) is 4.79 Å². The third-order valence-electron chi connectivity index (χ3n) is 2.68. The average Bonchev–Trinajstić information content (AvgIpc) is 2.74. The Morgan fingerprint density at radius 3 is 3.19 bits per heavy atom. The van der Waals surface area contributed by atoms with Crippen molar-refractivity contribution >= 4 is 5.91 Å². The molecule has 1 fully saturated rings. The van der Waals surface area contributed by atoms with Crippen LogP contribution in [0.4, 0.5) is 0 Å². The van der Waals surface area contributed by atoms with Crippen LogP contribution in [0.5, 0.6) is 0 Å². The van der Waals surface area contributed by atoms with E-state index < -0.39 is 0 Å². The third kappa shape index (κ3) is 1.94. The maximum Gasteiger partial charge on any atom is 0.259 e. The second-order valence-electron chi connectivity index (χ2n) is 3.71. The lowest BCUT2D eigenvalue weighted by molar-refractivity contribution is -0.0184. The molecule has 1 unspecified atom stereocenters. The number of aliphatic hydroxyl groups excluding tert-OH is 1. The summed E-state index contributed by atoms with van der Waals surface area (Å²) >= 11 is 0. The van der Waals surface area contributed by atoms with Crippen LogP contribution in [0.2, 0.25) is 0 Å². The maximum absolute atomic E-state index is 12.1. The van der Waals surface area contributed by atoms with Gasteiger partial charge in [-0.2, -0.15) is 0 Å². The number of aryl methyl sites for hydroxylation is 1. The van der Waals surface area contributed by atoms with Crippen molar-refractivity contribution in [2.75, 3.05) is 26.4 Å². The van der Waals surface area contributed by atoms with Crippen molar-refractivity contribution in [1.82, 2.24) is 10.1 Å². The Hall–Kier alpha value is -1.40. The number of aliphatic hydroxyl groups is 1. The number of aromatic nitrogens is 1. The summed E-state index contributed by atoms with van der Waals surface area (Å²) in [7, 11) is 0. The van der Waals surface area contributed by atoms with Gasteiger partial charge in [-0.1, -0.05) is 5.16 Å². The van der Waals surface area contributed by atoms with E-state index in [0.717, 1.165) is 0 Å². The third-order valence-corrected chi connectivity index (χ3v) is 2.68. The van der Waals surface area contributed by atoms with Crippen molar-refractivity contribution in [3.63, 3.8) is 0 Å². The molecule has 1 aliphatic rings. The first-order chi connectivity index (χ1) is 7.74. The van der Waals surface area contributed by atoms with Gasteiger partial charge in [0.05, 0.1) is 32.1 Å². The van der Waals surface area contributed by atoms with Gasteiger partial charge in [-0.05, 0) is 6.92 Å². The van der Waals surface area contributed by atoms with E-state index in [1.54, 1.807) is 11.8 Å². The van der Waals surface area contributed by atoms with Gasteiger partial charge in [0.2, 0.25) is 0 Å². The van der Waals surface area contributed by atoms with Crippen molar-refractivity contribution in [2.24, 2.45) is 0 Å². The van der Waals surface area contributed by atoms with Gasteiger partial charge >= 0.3 is 0 Å². The molecule has 1 aliphatic heterocycles. The van der Waals surface area contributed by atoms with Crippen LogP contribution in [-0.4, -0.2) is 53.5 Å². The normalized spacial score (nSPS) is 21.1. The monoisotopic (exact) mass is 226 g/mol. The van der Waals surface area contributed by atoms with E-state index in [1.165, 1.54) is 6.20 Å². The minimum absolute atomic E-state index is 0.101. The maximum atomic E-state index is 12.1. The number of morpholine rings is 1. The minimum Gasteiger partial charge on any atom is -0.394 e. The Morgan fingerprint density at radius 2 is 2.56 bits per heavy atom. The van der Waals surface area contributed by atoms with Crippen LogP contribution >= 0.6 is 0 Å². The van der Waals surface area contributed by atoms with Gasteiger partial charge in [-0.15, -0.1) is 0 Å². The molecule has 6 nitrogen and oxygen atoms in total. The van der Waals surface area contributed by atoms with Crippen molar-refractivity contribution in [2.45, 2.75) is 13.0 Å². The second-order valence-corrected chi connectivity index (χ2v) is 3.71. The molecular formula is C10H14N2O4. The van der Waals surface area contributed by atoms with Gasteiger partial charge in [0.25, 0.3) is 5.91 Å². The highest BCUT2D eigenvalue weighted by Crippen LogP contribution is 2.14. The van der Waals surface area contributed by atoms with Crippen molar-refractivity contribution in [3.05, 3.63) is 17.5 Å². The van der Waals surface area contributed by atoms with Crippen LogP contribution < -0.4 is 0 Å². The summed E-state index contributed by atoms with van der Waals surface area (Å²) in [6, 6.07) is -0.282. The van der Waals surface area contributed by atoms with E-state index in [-0.39, 0.29) is 18.6 Å². The predicted molar refractivity (Wildman–Crippen MR) is 54.0 cm³/mol. The van der Waals surface area contributed by atoms with E-state index in [0.29, 0.717) is 31.1 Å². The number of ether oxygens (including phenoxy) is 1. The standard InChI is InChI=1S/C10H14N2O4/c1-7-9(4-11-16-7)10(14)12-2-3-15-6-8(12)5-13/h4,8,13H,2-3,5-6H2,1H3. The van der Waals surface area contributed by atoms with Crippen LogP contribution in [0.3, 0.4) is 0 Å². The Morgan fingerprint density at radius 1 is 1.75 bits per heavy atom. The molecule has 88 valence electrons. The topological polar surface area (TPSA) is 75.8 Å². The molecule has 2 heterocycles. The largest absolute Gasteiger partial charge is 0.394 e. The Bertz CT molecular complexity index is 377. The van der Waals surface area contributed by atoms with E-state index >= 15 is 0 Å². The van der Waals surface area contributed by atoms with Crippen LogP contribution in [-0.2, 0) is 4.74 Å². The highest BCUT2D eigenvalue weighted by molar-refractivity contribution is 5.95. The average molecular weight is 226 g/mol. The van der Waals surface area contributed by atoms with Crippen LogP contribution in [0.1, 0.15) is 16.1 Å². The summed E-state index contributed by atoms with van der Waals surface area (Å²) < 4.78 is 10.1. The van der Waals surface area contributed by atoms with E-state index in [4.69, 9.17) is 14.4 Å². The molecule has 1 aromatic heterocycles. The molecule has 0 aliphatic carbocycles. The molecule has 0 radical (unpaired) electrons. The first kappa shape index (κ1) is 11.1. The SMILES string of the molecule is Cc1oncc1C(=O)N1CCOCC1CO. The Labute approximate surface area is 92.8 Å². The molecule has 1 N–H and O–H groups in total. The molecule has 1 amide bonds. The highest BCUT2D eigenvalue weighted by atomic mass is 16.5. The van der Waals surface area contributed by atoms with Gasteiger partial charge in [0, 0.05) is 6.54 Å². The number of hydrogen-bond donors (Lipinski definition) is 1. The molecule has 0 saturated carbocycles.